The smallest absolute Gasteiger partial charge is 0.349 e. The van der Waals surface area contributed by atoms with Gasteiger partial charge in [0.05, 0.1) is 5.56 Å². The molecule has 0 aromatic heterocycles. The van der Waals surface area contributed by atoms with Crippen molar-refractivity contribution < 1.29 is 8.62 Å². The highest BCUT2D eigenvalue weighted by molar-refractivity contribution is 9.06. The Morgan fingerprint density at radius 1 is 1.50 bits per heavy atom. The lowest BCUT2D eigenvalue weighted by molar-refractivity contribution is 0.0781. The quantitative estimate of drug-likeness (QED) is 0.779. The largest absolute Gasteiger partial charge is 0.380 e. The molecule has 0 amide bonds. The average Bonchev–Trinajstić information content (AvgIpc) is 2.16. The second-order valence-electron chi connectivity index (χ2n) is 2.38. The first kappa shape index (κ1) is 9.26. The van der Waals surface area contributed by atoms with Crippen molar-refractivity contribution in [2.45, 2.75) is 13.3 Å². The van der Waals surface area contributed by atoms with Gasteiger partial charge in [-0.15, -0.1) is 0 Å². The molecular weight excluding hydrogens is 220 g/mol. The molecule has 1 aromatic rings. The molecule has 3 heteroatoms. The summed E-state index contributed by atoms with van der Waals surface area (Å²) in [6.45, 7) is 2.00. The van der Waals surface area contributed by atoms with Gasteiger partial charge in [0.2, 0.25) is 0 Å². The Kier molecular flexibility index (Phi) is 3.29. The fourth-order valence-electron chi connectivity index (χ4n) is 1.07. The maximum atomic E-state index is 11.1. The van der Waals surface area contributed by atoms with Gasteiger partial charge in [-0.05, 0) is 18.1 Å². The summed E-state index contributed by atoms with van der Waals surface area (Å²) >= 11 is 2.67. The Hall–Kier alpha value is -0.830. The van der Waals surface area contributed by atoms with E-state index < -0.39 is 0 Å². The number of carbonyl (C=O) groups is 1. The molecule has 0 fully saturated rings. The Balaban J connectivity index is 3.04. The lowest BCUT2D eigenvalue weighted by Gasteiger charge is -2.02. The van der Waals surface area contributed by atoms with Gasteiger partial charge in [-0.25, -0.2) is 4.79 Å². The Bertz CT molecular complexity index is 284. The van der Waals surface area contributed by atoms with Crippen molar-refractivity contribution in [1.29, 1.82) is 0 Å². The van der Waals surface area contributed by atoms with Gasteiger partial charge in [0.1, 0.15) is 0 Å². The van der Waals surface area contributed by atoms with Crippen molar-refractivity contribution in [2.24, 2.45) is 0 Å². The third-order valence-corrected chi connectivity index (χ3v) is 1.98. The molecule has 2 nitrogen and oxygen atoms in total. The molecule has 0 saturated carbocycles. The minimum Gasteiger partial charge on any atom is -0.380 e. The highest BCUT2D eigenvalue weighted by atomic mass is 79.9. The zero-order chi connectivity index (χ0) is 8.97. The number of aryl methyl sites for hydroxylation is 1. The van der Waals surface area contributed by atoms with E-state index in [4.69, 9.17) is 0 Å². The zero-order valence-electron chi connectivity index (χ0n) is 6.71. The van der Waals surface area contributed by atoms with E-state index in [0.717, 1.165) is 12.0 Å². The second kappa shape index (κ2) is 4.26. The number of benzene rings is 1. The van der Waals surface area contributed by atoms with Crippen LogP contribution < -0.4 is 0 Å². The first-order valence-electron chi connectivity index (χ1n) is 3.70. The van der Waals surface area contributed by atoms with E-state index in [1.54, 1.807) is 6.07 Å². The molecule has 64 valence electrons. The lowest BCUT2D eigenvalue weighted by Crippen LogP contribution is -2.01. The Morgan fingerprint density at radius 3 is 2.75 bits per heavy atom. The third-order valence-electron chi connectivity index (χ3n) is 1.69. The highest BCUT2D eigenvalue weighted by Crippen LogP contribution is 2.11. The maximum Gasteiger partial charge on any atom is 0.349 e. The van der Waals surface area contributed by atoms with E-state index in [9.17, 15) is 4.79 Å². The van der Waals surface area contributed by atoms with E-state index in [0.29, 0.717) is 5.56 Å². The minimum absolute atomic E-state index is 0.340. The van der Waals surface area contributed by atoms with Crippen LogP contribution in [-0.4, -0.2) is 5.97 Å². The molecule has 0 aliphatic carbocycles. The number of hydrogen-bond acceptors (Lipinski definition) is 2. The van der Waals surface area contributed by atoms with Gasteiger partial charge in [0, 0.05) is 0 Å². The standard InChI is InChI=1S/C9H9BrO2/c1-2-7-5-3-4-6-8(7)9(11)12-10/h3-6H,2H2,1H3. The van der Waals surface area contributed by atoms with Crippen molar-refractivity contribution in [3.63, 3.8) is 0 Å². The van der Waals surface area contributed by atoms with Gasteiger partial charge < -0.3 is 3.83 Å². The fraction of sp³-hybridized carbons (Fsp3) is 0.222. The summed E-state index contributed by atoms with van der Waals surface area (Å²) in [5.41, 5.74) is 1.62. The van der Waals surface area contributed by atoms with E-state index in [-0.39, 0.29) is 5.97 Å². The zero-order valence-corrected chi connectivity index (χ0v) is 8.30. The first-order valence-corrected chi connectivity index (χ1v) is 4.35. The molecule has 0 saturated heterocycles. The molecular formula is C9H9BrO2. The van der Waals surface area contributed by atoms with Gasteiger partial charge in [-0.1, -0.05) is 25.1 Å². The Morgan fingerprint density at radius 2 is 2.17 bits per heavy atom. The number of halogens is 1. The van der Waals surface area contributed by atoms with Crippen molar-refractivity contribution >= 4 is 22.2 Å². The average molecular weight is 229 g/mol. The number of hydrogen-bond donors (Lipinski definition) is 0. The van der Waals surface area contributed by atoms with Crippen molar-refractivity contribution in [2.75, 3.05) is 0 Å². The molecule has 0 radical (unpaired) electrons. The van der Waals surface area contributed by atoms with Crippen LogP contribution in [-0.2, 0) is 10.2 Å². The normalized spacial score (nSPS) is 9.50. The van der Waals surface area contributed by atoms with E-state index in [1.165, 1.54) is 0 Å². The lowest BCUT2D eigenvalue weighted by atomic mass is 10.1. The molecule has 0 aliphatic heterocycles. The SMILES string of the molecule is CCc1ccccc1C(=O)OBr. The van der Waals surface area contributed by atoms with Crippen molar-refractivity contribution in [3.8, 4) is 0 Å². The van der Waals surface area contributed by atoms with Crippen molar-refractivity contribution in [3.05, 3.63) is 35.4 Å². The van der Waals surface area contributed by atoms with Crippen LogP contribution in [0.15, 0.2) is 24.3 Å². The predicted molar refractivity (Wildman–Crippen MR) is 50.2 cm³/mol. The topological polar surface area (TPSA) is 26.3 Å². The maximum absolute atomic E-state index is 11.1. The first-order chi connectivity index (χ1) is 5.79. The molecule has 0 heterocycles. The summed E-state index contributed by atoms with van der Waals surface area (Å²) in [5.74, 6) is -0.340. The highest BCUT2D eigenvalue weighted by Gasteiger charge is 2.09. The summed E-state index contributed by atoms with van der Waals surface area (Å²) in [6.07, 6.45) is 0.832. The number of carbonyl (C=O) groups excluding carboxylic acids is 1. The molecule has 0 atom stereocenters. The predicted octanol–water partition coefficient (Wildman–Crippen LogP) is 2.72. The molecule has 0 N–H and O–H groups in total. The van der Waals surface area contributed by atoms with E-state index >= 15 is 0 Å². The van der Waals surface area contributed by atoms with Crippen molar-refractivity contribution in [1.82, 2.24) is 0 Å². The van der Waals surface area contributed by atoms with Crippen LogP contribution >= 0.6 is 16.3 Å². The monoisotopic (exact) mass is 228 g/mol. The van der Waals surface area contributed by atoms with Gasteiger partial charge in [0.25, 0.3) is 0 Å². The summed E-state index contributed by atoms with van der Waals surface area (Å²) in [4.78, 5) is 11.1. The molecule has 12 heavy (non-hydrogen) atoms. The van der Waals surface area contributed by atoms with Crippen LogP contribution in [0.2, 0.25) is 0 Å². The van der Waals surface area contributed by atoms with Crippen LogP contribution in [0.1, 0.15) is 22.8 Å². The molecule has 1 rings (SSSR count). The number of rotatable bonds is 2. The fourth-order valence-corrected chi connectivity index (χ4v) is 1.24. The van der Waals surface area contributed by atoms with Crippen LogP contribution in [0.25, 0.3) is 0 Å². The molecule has 1 aromatic carbocycles. The molecule has 0 aliphatic rings. The molecule has 0 bridgehead atoms. The molecule has 0 unspecified atom stereocenters. The third kappa shape index (κ3) is 1.85. The summed E-state index contributed by atoms with van der Waals surface area (Å²) in [6, 6.07) is 7.39. The van der Waals surface area contributed by atoms with Gasteiger partial charge >= 0.3 is 5.97 Å². The van der Waals surface area contributed by atoms with Crippen LogP contribution in [0.4, 0.5) is 0 Å². The van der Waals surface area contributed by atoms with E-state index in [1.807, 2.05) is 25.1 Å². The van der Waals surface area contributed by atoms with Gasteiger partial charge in [0.15, 0.2) is 16.3 Å². The van der Waals surface area contributed by atoms with Gasteiger partial charge in [-0.3, -0.25) is 0 Å². The molecule has 0 spiro atoms. The van der Waals surface area contributed by atoms with Crippen LogP contribution in [0, 0.1) is 0 Å². The second-order valence-corrected chi connectivity index (χ2v) is 2.70. The Labute approximate surface area is 80.0 Å². The summed E-state index contributed by atoms with van der Waals surface area (Å²) in [5, 5.41) is 0. The minimum atomic E-state index is -0.340. The van der Waals surface area contributed by atoms with Crippen LogP contribution in [0.3, 0.4) is 0 Å². The van der Waals surface area contributed by atoms with Gasteiger partial charge in [-0.2, -0.15) is 0 Å². The van der Waals surface area contributed by atoms with E-state index in [2.05, 4.69) is 20.1 Å². The summed E-state index contributed by atoms with van der Waals surface area (Å²) in [7, 11) is 0. The van der Waals surface area contributed by atoms with Crippen LogP contribution in [0.5, 0.6) is 0 Å². The summed E-state index contributed by atoms with van der Waals surface area (Å²) < 4.78 is 4.45.